The fourth-order valence-electron chi connectivity index (χ4n) is 3.16. The van der Waals surface area contributed by atoms with Gasteiger partial charge in [0.05, 0.1) is 0 Å². The molecule has 4 nitrogen and oxygen atoms in total. The zero-order valence-electron chi connectivity index (χ0n) is 17.7. The minimum absolute atomic E-state index is 0.0143. The highest BCUT2D eigenvalue weighted by Gasteiger charge is 2.25. The maximum atomic E-state index is 13.0. The van der Waals surface area contributed by atoms with Crippen LogP contribution in [0.3, 0.4) is 0 Å². The number of hydrogen-bond donors (Lipinski definition) is 1. The lowest BCUT2D eigenvalue weighted by atomic mass is 10.00. The summed E-state index contributed by atoms with van der Waals surface area (Å²) in [6.07, 6.45) is 1.04. The van der Waals surface area contributed by atoms with Crippen molar-refractivity contribution in [1.29, 1.82) is 0 Å². The van der Waals surface area contributed by atoms with E-state index in [1.54, 1.807) is 11.8 Å². The van der Waals surface area contributed by atoms with Crippen molar-refractivity contribution in [3.05, 3.63) is 69.7 Å². The third-order valence-electron chi connectivity index (χ3n) is 5.06. The molecule has 5 heteroatoms. The maximum Gasteiger partial charge on any atom is 0.242 e. The minimum atomic E-state index is -0.519. The number of carbonyl (C=O) groups is 2. The SMILES string of the molecule is CCNC(=O)[C@H](C)N(Cc1ccc(Br)cc1)C(=O)CCc1ccc(C(C)C)cc1. The van der Waals surface area contributed by atoms with Crippen LogP contribution in [0.4, 0.5) is 0 Å². The summed E-state index contributed by atoms with van der Waals surface area (Å²) in [5.74, 6) is 0.351. The highest BCUT2D eigenvalue weighted by molar-refractivity contribution is 9.10. The molecule has 0 saturated heterocycles. The largest absolute Gasteiger partial charge is 0.355 e. The van der Waals surface area contributed by atoms with Crippen molar-refractivity contribution in [3.8, 4) is 0 Å². The van der Waals surface area contributed by atoms with E-state index in [1.165, 1.54) is 5.56 Å². The van der Waals surface area contributed by atoms with Gasteiger partial charge in [-0.3, -0.25) is 9.59 Å². The van der Waals surface area contributed by atoms with Crippen LogP contribution in [0, 0.1) is 0 Å². The van der Waals surface area contributed by atoms with Crippen molar-refractivity contribution in [2.75, 3.05) is 6.54 Å². The van der Waals surface area contributed by atoms with Gasteiger partial charge in [-0.15, -0.1) is 0 Å². The number of amides is 2. The van der Waals surface area contributed by atoms with Gasteiger partial charge in [0.25, 0.3) is 0 Å². The number of hydrogen-bond acceptors (Lipinski definition) is 2. The first-order valence-corrected chi connectivity index (χ1v) is 11.0. The first-order chi connectivity index (χ1) is 13.8. The van der Waals surface area contributed by atoms with Gasteiger partial charge in [0.1, 0.15) is 6.04 Å². The van der Waals surface area contributed by atoms with Gasteiger partial charge in [0.15, 0.2) is 0 Å². The zero-order valence-corrected chi connectivity index (χ0v) is 19.3. The Morgan fingerprint density at radius 2 is 1.55 bits per heavy atom. The molecule has 2 aromatic carbocycles. The number of rotatable bonds is 9. The second kappa shape index (κ2) is 11.1. The topological polar surface area (TPSA) is 49.4 Å². The number of nitrogens with zero attached hydrogens (tertiary/aromatic N) is 1. The van der Waals surface area contributed by atoms with Crippen molar-refractivity contribution in [2.45, 2.75) is 59.0 Å². The van der Waals surface area contributed by atoms with Gasteiger partial charge in [-0.1, -0.05) is 66.2 Å². The molecule has 0 unspecified atom stereocenters. The van der Waals surface area contributed by atoms with Crippen molar-refractivity contribution in [2.24, 2.45) is 0 Å². The van der Waals surface area contributed by atoms with E-state index in [0.717, 1.165) is 15.6 Å². The van der Waals surface area contributed by atoms with Crippen LogP contribution in [0.5, 0.6) is 0 Å². The average Bonchev–Trinajstić information content (AvgIpc) is 2.71. The summed E-state index contributed by atoms with van der Waals surface area (Å²) in [6.45, 7) is 8.97. The zero-order chi connectivity index (χ0) is 21.4. The molecular formula is C24H31BrN2O2. The van der Waals surface area contributed by atoms with E-state index in [2.05, 4.69) is 59.4 Å². The Kier molecular flexibility index (Phi) is 8.90. The number of likely N-dealkylation sites (N-methyl/N-ethyl adjacent to an activating group) is 1. The Labute approximate surface area is 182 Å². The number of benzene rings is 2. The lowest BCUT2D eigenvalue weighted by Crippen LogP contribution is -2.47. The molecule has 0 radical (unpaired) electrons. The number of aryl methyl sites for hydroxylation is 1. The standard InChI is InChI=1S/C24H31BrN2O2/c1-5-26-24(29)18(4)27(16-20-8-13-22(25)14-9-20)23(28)15-10-19-6-11-21(12-7-19)17(2)3/h6-9,11-14,17-18H,5,10,15-16H2,1-4H3,(H,26,29)/t18-/m0/s1. The summed E-state index contributed by atoms with van der Waals surface area (Å²) in [5.41, 5.74) is 3.43. The highest BCUT2D eigenvalue weighted by Crippen LogP contribution is 2.18. The van der Waals surface area contributed by atoms with E-state index in [4.69, 9.17) is 0 Å². The molecule has 0 saturated carbocycles. The summed E-state index contributed by atoms with van der Waals surface area (Å²) in [5, 5.41) is 2.83. The van der Waals surface area contributed by atoms with Gasteiger partial charge >= 0.3 is 0 Å². The monoisotopic (exact) mass is 458 g/mol. The first kappa shape index (κ1) is 23.1. The molecule has 0 aliphatic carbocycles. The molecule has 1 N–H and O–H groups in total. The van der Waals surface area contributed by atoms with Crippen LogP contribution in [0.1, 0.15) is 56.7 Å². The molecule has 0 aromatic heterocycles. The molecular weight excluding hydrogens is 428 g/mol. The van der Waals surface area contributed by atoms with Gasteiger partial charge in [0.2, 0.25) is 11.8 Å². The molecule has 0 aliphatic heterocycles. The molecule has 0 bridgehead atoms. The summed E-state index contributed by atoms with van der Waals surface area (Å²) in [4.78, 5) is 27.1. The highest BCUT2D eigenvalue weighted by atomic mass is 79.9. The second-order valence-electron chi connectivity index (χ2n) is 7.61. The van der Waals surface area contributed by atoms with Gasteiger partial charge in [-0.2, -0.15) is 0 Å². The fraction of sp³-hybridized carbons (Fsp3) is 0.417. The van der Waals surface area contributed by atoms with Gasteiger partial charge in [-0.25, -0.2) is 0 Å². The fourth-order valence-corrected chi connectivity index (χ4v) is 3.42. The Morgan fingerprint density at radius 3 is 2.10 bits per heavy atom. The Balaban J connectivity index is 2.10. The van der Waals surface area contributed by atoms with Gasteiger partial charge in [0, 0.05) is 24.0 Å². The molecule has 0 heterocycles. The molecule has 2 aromatic rings. The normalized spacial score (nSPS) is 11.9. The Hall–Kier alpha value is -2.14. The van der Waals surface area contributed by atoms with E-state index in [9.17, 15) is 9.59 Å². The van der Waals surface area contributed by atoms with Crippen LogP contribution in [0.2, 0.25) is 0 Å². The lowest BCUT2D eigenvalue weighted by Gasteiger charge is -2.29. The predicted octanol–water partition coefficient (Wildman–Crippen LogP) is 5.06. The lowest BCUT2D eigenvalue weighted by molar-refractivity contribution is -0.140. The summed E-state index contributed by atoms with van der Waals surface area (Å²) < 4.78 is 0.987. The summed E-state index contributed by atoms with van der Waals surface area (Å²) in [6, 6.07) is 15.8. The van der Waals surface area contributed by atoms with E-state index < -0.39 is 6.04 Å². The van der Waals surface area contributed by atoms with E-state index in [-0.39, 0.29) is 11.8 Å². The summed E-state index contributed by atoms with van der Waals surface area (Å²) >= 11 is 3.43. The third kappa shape index (κ3) is 7.00. The summed E-state index contributed by atoms with van der Waals surface area (Å²) in [7, 11) is 0. The number of nitrogens with one attached hydrogen (secondary N) is 1. The Morgan fingerprint density at radius 1 is 0.966 bits per heavy atom. The van der Waals surface area contributed by atoms with E-state index in [0.29, 0.717) is 31.8 Å². The van der Waals surface area contributed by atoms with E-state index in [1.807, 2.05) is 31.2 Å². The van der Waals surface area contributed by atoms with E-state index >= 15 is 0 Å². The Bertz CT molecular complexity index is 801. The van der Waals surface area contributed by atoms with Crippen LogP contribution in [0.25, 0.3) is 0 Å². The molecule has 0 aliphatic rings. The van der Waals surface area contributed by atoms with Crippen LogP contribution in [0.15, 0.2) is 53.0 Å². The number of carbonyl (C=O) groups excluding carboxylic acids is 2. The molecule has 1 atom stereocenters. The first-order valence-electron chi connectivity index (χ1n) is 10.2. The maximum absolute atomic E-state index is 13.0. The minimum Gasteiger partial charge on any atom is -0.355 e. The van der Waals surface area contributed by atoms with Crippen molar-refractivity contribution in [1.82, 2.24) is 10.2 Å². The van der Waals surface area contributed by atoms with Crippen LogP contribution in [-0.2, 0) is 22.6 Å². The molecule has 2 rings (SSSR count). The molecule has 29 heavy (non-hydrogen) atoms. The second-order valence-corrected chi connectivity index (χ2v) is 8.53. The molecule has 156 valence electrons. The third-order valence-corrected chi connectivity index (χ3v) is 5.59. The quantitative estimate of drug-likeness (QED) is 0.570. The molecule has 2 amide bonds. The number of halogens is 1. The smallest absolute Gasteiger partial charge is 0.242 e. The van der Waals surface area contributed by atoms with Crippen LogP contribution >= 0.6 is 15.9 Å². The van der Waals surface area contributed by atoms with Gasteiger partial charge in [-0.05, 0) is 55.0 Å². The molecule has 0 spiro atoms. The van der Waals surface area contributed by atoms with Crippen LogP contribution in [-0.4, -0.2) is 29.3 Å². The van der Waals surface area contributed by atoms with Crippen molar-refractivity contribution >= 4 is 27.7 Å². The van der Waals surface area contributed by atoms with Crippen molar-refractivity contribution in [3.63, 3.8) is 0 Å². The molecule has 0 fully saturated rings. The van der Waals surface area contributed by atoms with Gasteiger partial charge < -0.3 is 10.2 Å². The van der Waals surface area contributed by atoms with Crippen LogP contribution < -0.4 is 5.32 Å². The van der Waals surface area contributed by atoms with Crippen molar-refractivity contribution < 1.29 is 9.59 Å². The average molecular weight is 459 g/mol. The predicted molar refractivity (Wildman–Crippen MR) is 122 cm³/mol.